The predicted octanol–water partition coefficient (Wildman–Crippen LogP) is 4.25. The highest BCUT2D eigenvalue weighted by Crippen LogP contribution is 2.37. The average molecular weight is 468 g/mol. The van der Waals surface area contributed by atoms with Crippen LogP contribution in [0.2, 0.25) is 5.02 Å². The number of amides is 1. The van der Waals surface area contributed by atoms with Crippen molar-refractivity contribution in [3.05, 3.63) is 47.2 Å². The number of rotatable bonds is 5. The number of ether oxygens (including phenoxy) is 1. The molecule has 0 bridgehead atoms. The Bertz CT molecular complexity index is 1120. The number of piperidine rings is 1. The van der Waals surface area contributed by atoms with Gasteiger partial charge in [0.15, 0.2) is 0 Å². The van der Waals surface area contributed by atoms with E-state index >= 15 is 0 Å². The molecule has 0 aliphatic carbocycles. The first kappa shape index (κ1) is 22.2. The van der Waals surface area contributed by atoms with Gasteiger partial charge in [0.1, 0.15) is 5.65 Å². The molecule has 1 aromatic carbocycles. The van der Waals surface area contributed by atoms with Crippen molar-refractivity contribution in [3.63, 3.8) is 0 Å². The lowest BCUT2D eigenvalue weighted by atomic mass is 10.00. The highest BCUT2D eigenvalue weighted by Gasteiger charge is 2.28. The van der Waals surface area contributed by atoms with Crippen LogP contribution >= 0.6 is 11.6 Å². The van der Waals surface area contributed by atoms with E-state index in [4.69, 9.17) is 16.3 Å². The minimum absolute atomic E-state index is 0.108. The Morgan fingerprint density at radius 1 is 1.18 bits per heavy atom. The molecule has 0 saturated carbocycles. The Morgan fingerprint density at radius 2 is 1.91 bits per heavy atom. The number of benzene rings is 1. The van der Waals surface area contributed by atoms with Crippen LogP contribution in [-0.4, -0.2) is 77.7 Å². The highest BCUT2D eigenvalue weighted by atomic mass is 35.5. The van der Waals surface area contributed by atoms with Crippen LogP contribution in [-0.2, 0) is 4.74 Å². The minimum atomic E-state index is 0.108. The van der Waals surface area contributed by atoms with Crippen LogP contribution in [0.1, 0.15) is 30.1 Å². The van der Waals surface area contributed by atoms with Crippen molar-refractivity contribution >= 4 is 34.2 Å². The largest absolute Gasteiger partial charge is 0.384 e. The molecule has 7 nitrogen and oxygen atoms in total. The quantitative estimate of drug-likeness (QED) is 0.586. The van der Waals surface area contributed by atoms with Crippen LogP contribution < -0.4 is 5.32 Å². The number of hydrogen-bond acceptors (Lipinski definition) is 5. The number of likely N-dealkylation sites (tertiary alicyclic amines) is 1. The minimum Gasteiger partial charge on any atom is -0.384 e. The Labute approximate surface area is 199 Å². The van der Waals surface area contributed by atoms with Crippen LogP contribution in [0, 0.1) is 0 Å². The van der Waals surface area contributed by atoms with Gasteiger partial charge in [0, 0.05) is 62.3 Å². The Hall–Kier alpha value is -2.61. The van der Waals surface area contributed by atoms with E-state index in [0.717, 1.165) is 92.2 Å². The molecule has 33 heavy (non-hydrogen) atoms. The van der Waals surface area contributed by atoms with Gasteiger partial charge in [-0.3, -0.25) is 9.69 Å². The number of H-pyrrole nitrogens is 1. The van der Waals surface area contributed by atoms with E-state index in [0.29, 0.717) is 11.1 Å². The molecule has 3 aromatic rings. The number of nitrogens with one attached hydrogen (secondary N) is 2. The normalized spacial score (nSPS) is 18.1. The molecule has 0 unspecified atom stereocenters. The van der Waals surface area contributed by atoms with Gasteiger partial charge in [-0.15, -0.1) is 0 Å². The number of fused-ring (bicyclic) bond motifs is 1. The summed E-state index contributed by atoms with van der Waals surface area (Å²) >= 11 is 6.41. The molecule has 1 amide bonds. The summed E-state index contributed by atoms with van der Waals surface area (Å²) in [6.07, 6.45) is 5.66. The van der Waals surface area contributed by atoms with Crippen LogP contribution in [0.3, 0.4) is 0 Å². The summed E-state index contributed by atoms with van der Waals surface area (Å²) in [5.41, 5.74) is 4.41. The molecule has 4 heterocycles. The van der Waals surface area contributed by atoms with Crippen molar-refractivity contribution in [1.82, 2.24) is 19.8 Å². The molecular formula is C25H30ClN5O2. The van der Waals surface area contributed by atoms with Crippen LogP contribution in [0.25, 0.3) is 22.2 Å². The topological polar surface area (TPSA) is 73.5 Å². The van der Waals surface area contributed by atoms with Gasteiger partial charge in [-0.2, -0.15) is 0 Å². The van der Waals surface area contributed by atoms with E-state index in [2.05, 4.69) is 27.1 Å². The number of nitrogens with zero attached hydrogens (tertiary/aromatic N) is 3. The number of anilines is 1. The fourth-order valence-corrected chi connectivity index (χ4v) is 5.23. The van der Waals surface area contributed by atoms with Gasteiger partial charge in [-0.25, -0.2) is 4.98 Å². The second kappa shape index (κ2) is 9.71. The standard InChI is InChI=1S/C25H30ClN5O2/c1-2-27-23-20(15-28-24-22(23)21(26)16-29-24)17-3-5-18(6-4-17)25(32)31-9-7-19(8-10-31)30-11-13-33-14-12-30/h3-6,15-16,19H,2,7-14H2,1H3,(H2,27,28,29). The Kier molecular flexibility index (Phi) is 6.53. The maximum absolute atomic E-state index is 13.1. The second-order valence-electron chi connectivity index (χ2n) is 8.69. The number of morpholine rings is 1. The summed E-state index contributed by atoms with van der Waals surface area (Å²) in [6, 6.07) is 8.40. The van der Waals surface area contributed by atoms with E-state index in [1.807, 2.05) is 35.4 Å². The summed E-state index contributed by atoms with van der Waals surface area (Å²) in [4.78, 5) is 25.3. The molecule has 2 saturated heterocycles. The van der Waals surface area contributed by atoms with Crippen LogP contribution in [0.5, 0.6) is 0 Å². The average Bonchev–Trinajstić information content (AvgIpc) is 3.26. The Morgan fingerprint density at radius 3 is 2.61 bits per heavy atom. The molecule has 0 radical (unpaired) electrons. The lowest BCUT2D eigenvalue weighted by Crippen LogP contribution is -2.50. The molecule has 2 aliphatic heterocycles. The molecule has 8 heteroatoms. The fourth-order valence-electron chi connectivity index (χ4n) is 4.99. The van der Waals surface area contributed by atoms with Crippen molar-refractivity contribution in [1.29, 1.82) is 0 Å². The van der Waals surface area contributed by atoms with Crippen molar-refractivity contribution in [2.24, 2.45) is 0 Å². The van der Waals surface area contributed by atoms with Gasteiger partial charge < -0.3 is 19.9 Å². The van der Waals surface area contributed by atoms with Gasteiger partial charge in [0.25, 0.3) is 5.91 Å². The zero-order valence-electron chi connectivity index (χ0n) is 18.9. The number of carbonyl (C=O) groups excluding carboxylic acids is 1. The summed E-state index contributed by atoms with van der Waals surface area (Å²) in [6.45, 7) is 8.08. The first-order chi connectivity index (χ1) is 16.2. The van der Waals surface area contributed by atoms with Gasteiger partial charge in [0.2, 0.25) is 0 Å². The van der Waals surface area contributed by atoms with E-state index in [1.54, 1.807) is 6.20 Å². The maximum Gasteiger partial charge on any atom is 0.253 e. The lowest BCUT2D eigenvalue weighted by Gasteiger charge is -2.40. The second-order valence-corrected chi connectivity index (χ2v) is 9.09. The number of aromatic nitrogens is 2. The number of hydrogen-bond donors (Lipinski definition) is 2. The number of halogens is 1. The molecule has 2 aliphatic rings. The number of aromatic amines is 1. The summed E-state index contributed by atoms with van der Waals surface area (Å²) in [7, 11) is 0. The smallest absolute Gasteiger partial charge is 0.253 e. The monoisotopic (exact) mass is 467 g/mol. The predicted molar refractivity (Wildman–Crippen MR) is 132 cm³/mol. The molecule has 174 valence electrons. The van der Waals surface area contributed by atoms with Crippen LogP contribution in [0.15, 0.2) is 36.7 Å². The summed E-state index contributed by atoms with van der Waals surface area (Å²) in [5.74, 6) is 0.108. The van der Waals surface area contributed by atoms with Crippen molar-refractivity contribution in [3.8, 4) is 11.1 Å². The zero-order valence-corrected chi connectivity index (χ0v) is 19.7. The SMILES string of the molecule is CCNc1c(-c2ccc(C(=O)N3CCC(N4CCOCC4)CC3)cc2)cnc2[nH]cc(Cl)c12. The van der Waals surface area contributed by atoms with E-state index in [1.165, 1.54) is 0 Å². The van der Waals surface area contributed by atoms with Gasteiger partial charge in [-0.05, 0) is 37.5 Å². The third-order valence-corrected chi connectivity index (χ3v) is 7.06. The maximum atomic E-state index is 13.1. The summed E-state index contributed by atoms with van der Waals surface area (Å²) < 4.78 is 5.47. The molecule has 2 fully saturated rings. The lowest BCUT2D eigenvalue weighted by molar-refractivity contribution is 0.00159. The fraction of sp³-hybridized carbons (Fsp3) is 0.440. The first-order valence-corrected chi connectivity index (χ1v) is 12.1. The highest BCUT2D eigenvalue weighted by molar-refractivity contribution is 6.36. The molecule has 0 spiro atoms. The van der Waals surface area contributed by atoms with Gasteiger partial charge >= 0.3 is 0 Å². The Balaban J connectivity index is 1.30. The molecule has 0 atom stereocenters. The van der Waals surface area contributed by atoms with Crippen molar-refractivity contribution < 1.29 is 9.53 Å². The third kappa shape index (κ3) is 4.45. The van der Waals surface area contributed by atoms with Crippen molar-refractivity contribution in [2.75, 3.05) is 51.3 Å². The van der Waals surface area contributed by atoms with Crippen LogP contribution in [0.4, 0.5) is 5.69 Å². The zero-order chi connectivity index (χ0) is 22.8. The van der Waals surface area contributed by atoms with Gasteiger partial charge in [0.05, 0.1) is 29.3 Å². The third-order valence-electron chi connectivity index (χ3n) is 6.76. The number of carbonyl (C=O) groups is 1. The molecule has 5 rings (SSSR count). The molecule has 2 N–H and O–H groups in total. The number of pyridine rings is 1. The molecular weight excluding hydrogens is 438 g/mol. The van der Waals surface area contributed by atoms with E-state index < -0.39 is 0 Å². The first-order valence-electron chi connectivity index (χ1n) is 11.8. The van der Waals surface area contributed by atoms with E-state index in [9.17, 15) is 4.79 Å². The summed E-state index contributed by atoms with van der Waals surface area (Å²) in [5, 5.41) is 4.96. The van der Waals surface area contributed by atoms with Gasteiger partial charge in [-0.1, -0.05) is 23.7 Å². The molecule has 2 aromatic heterocycles. The van der Waals surface area contributed by atoms with Crippen molar-refractivity contribution in [2.45, 2.75) is 25.8 Å². The van der Waals surface area contributed by atoms with E-state index in [-0.39, 0.29) is 5.91 Å².